The van der Waals surface area contributed by atoms with Crippen LogP contribution in [0.2, 0.25) is 0 Å². The van der Waals surface area contributed by atoms with Gasteiger partial charge < -0.3 is 14.6 Å². The number of hydrogen-bond donors (Lipinski definition) is 1. The third kappa shape index (κ3) is 3.46. The molecule has 0 aliphatic carbocycles. The number of carbonyl (C=O) groups is 2. The van der Waals surface area contributed by atoms with Gasteiger partial charge in [0.1, 0.15) is 18.4 Å². The standard InChI is InChI=1S/C22H23N3O5/c1-15-8-13-19-20(26)23(17-9-11-18(29-2)12-10-17)21(27)25(19)24(15)22(28)30-14-16-6-4-3-5-7-16/h3-13,15,19-20,26H,14H2,1-2H3. The van der Waals surface area contributed by atoms with Crippen molar-refractivity contribution in [3.05, 3.63) is 72.3 Å². The van der Waals surface area contributed by atoms with Gasteiger partial charge >= 0.3 is 12.1 Å². The summed E-state index contributed by atoms with van der Waals surface area (Å²) in [4.78, 5) is 27.3. The molecule has 3 amide bonds. The number of rotatable bonds is 4. The summed E-state index contributed by atoms with van der Waals surface area (Å²) >= 11 is 0. The second kappa shape index (κ2) is 8.08. The summed E-state index contributed by atoms with van der Waals surface area (Å²) in [6.45, 7) is 1.87. The second-order valence-corrected chi connectivity index (χ2v) is 7.11. The van der Waals surface area contributed by atoms with Gasteiger partial charge in [-0.25, -0.2) is 19.6 Å². The molecule has 2 aromatic carbocycles. The lowest BCUT2D eigenvalue weighted by Crippen LogP contribution is -2.57. The molecule has 2 aliphatic rings. The number of carbonyl (C=O) groups excluding carboxylic acids is 2. The Hall–Kier alpha value is -3.52. The summed E-state index contributed by atoms with van der Waals surface area (Å²) in [6, 6.07) is 14.5. The van der Waals surface area contributed by atoms with Gasteiger partial charge in [0.2, 0.25) is 0 Å². The number of hydrazine groups is 1. The zero-order valence-corrected chi connectivity index (χ0v) is 16.7. The monoisotopic (exact) mass is 409 g/mol. The molecule has 0 aromatic heterocycles. The number of methoxy groups -OCH3 is 1. The lowest BCUT2D eigenvalue weighted by molar-refractivity contribution is -0.0329. The molecule has 0 saturated carbocycles. The highest BCUT2D eigenvalue weighted by molar-refractivity contribution is 5.96. The Morgan fingerprint density at radius 3 is 2.43 bits per heavy atom. The summed E-state index contributed by atoms with van der Waals surface area (Å²) < 4.78 is 10.6. The van der Waals surface area contributed by atoms with Crippen LogP contribution in [0.4, 0.5) is 15.3 Å². The zero-order chi connectivity index (χ0) is 21.3. The van der Waals surface area contributed by atoms with Gasteiger partial charge in [-0.2, -0.15) is 0 Å². The minimum Gasteiger partial charge on any atom is -0.497 e. The first kappa shape index (κ1) is 19.8. The molecule has 2 aromatic rings. The Balaban J connectivity index is 1.56. The van der Waals surface area contributed by atoms with Crippen LogP contribution in [0.15, 0.2) is 66.7 Å². The lowest BCUT2D eigenvalue weighted by Gasteiger charge is -2.39. The van der Waals surface area contributed by atoms with Crippen molar-refractivity contribution in [2.24, 2.45) is 0 Å². The van der Waals surface area contributed by atoms with E-state index in [1.165, 1.54) is 14.9 Å². The Kier molecular flexibility index (Phi) is 5.33. The van der Waals surface area contributed by atoms with Crippen molar-refractivity contribution < 1.29 is 24.2 Å². The maximum atomic E-state index is 13.2. The van der Waals surface area contributed by atoms with E-state index in [2.05, 4.69) is 0 Å². The molecule has 8 heteroatoms. The van der Waals surface area contributed by atoms with Crippen LogP contribution in [-0.4, -0.2) is 52.7 Å². The minimum absolute atomic E-state index is 0.0874. The highest BCUT2D eigenvalue weighted by atomic mass is 16.6. The molecule has 0 bridgehead atoms. The van der Waals surface area contributed by atoms with Crippen molar-refractivity contribution >= 4 is 17.8 Å². The zero-order valence-electron chi connectivity index (χ0n) is 16.7. The highest BCUT2D eigenvalue weighted by Crippen LogP contribution is 2.34. The number of benzene rings is 2. The van der Waals surface area contributed by atoms with Crippen molar-refractivity contribution in [1.82, 2.24) is 10.0 Å². The largest absolute Gasteiger partial charge is 0.497 e. The maximum Gasteiger partial charge on any atom is 0.429 e. The SMILES string of the molecule is COc1ccc(N2C(=O)N3C(C=CC(C)N3C(=O)OCc3ccccc3)C2O)cc1. The van der Waals surface area contributed by atoms with Crippen LogP contribution in [0.3, 0.4) is 0 Å². The first-order valence-corrected chi connectivity index (χ1v) is 9.64. The molecule has 30 heavy (non-hydrogen) atoms. The van der Waals surface area contributed by atoms with E-state index in [1.807, 2.05) is 30.3 Å². The molecule has 2 heterocycles. The fourth-order valence-corrected chi connectivity index (χ4v) is 3.64. The molecule has 2 aliphatic heterocycles. The van der Waals surface area contributed by atoms with Crippen LogP contribution in [0.25, 0.3) is 0 Å². The number of aliphatic hydroxyl groups is 1. The van der Waals surface area contributed by atoms with Gasteiger partial charge in [-0.1, -0.05) is 42.5 Å². The van der Waals surface area contributed by atoms with Gasteiger partial charge in [0.15, 0.2) is 6.23 Å². The molecule has 1 N–H and O–H groups in total. The number of ether oxygens (including phenoxy) is 2. The molecule has 156 valence electrons. The predicted molar refractivity (Wildman–Crippen MR) is 110 cm³/mol. The van der Waals surface area contributed by atoms with E-state index in [1.54, 1.807) is 50.5 Å². The average molecular weight is 409 g/mol. The van der Waals surface area contributed by atoms with Crippen molar-refractivity contribution in [2.75, 3.05) is 12.0 Å². The summed E-state index contributed by atoms with van der Waals surface area (Å²) in [5, 5.41) is 13.3. The van der Waals surface area contributed by atoms with E-state index in [0.29, 0.717) is 11.4 Å². The van der Waals surface area contributed by atoms with E-state index < -0.39 is 30.4 Å². The lowest BCUT2D eigenvalue weighted by atomic mass is 10.1. The number of urea groups is 1. The minimum atomic E-state index is -1.15. The number of anilines is 1. The third-order valence-corrected chi connectivity index (χ3v) is 5.20. The van der Waals surface area contributed by atoms with Gasteiger partial charge in [0, 0.05) is 5.69 Å². The van der Waals surface area contributed by atoms with Crippen molar-refractivity contribution in [2.45, 2.75) is 31.8 Å². The normalized spacial score (nSPS) is 22.8. The summed E-state index contributed by atoms with van der Waals surface area (Å²) in [5.41, 5.74) is 1.34. The molecule has 0 spiro atoms. The smallest absolute Gasteiger partial charge is 0.429 e. The average Bonchev–Trinajstić information content (AvgIpc) is 3.02. The molecular weight excluding hydrogens is 386 g/mol. The molecule has 4 rings (SSSR count). The van der Waals surface area contributed by atoms with E-state index in [-0.39, 0.29) is 6.61 Å². The van der Waals surface area contributed by atoms with E-state index in [9.17, 15) is 14.7 Å². The van der Waals surface area contributed by atoms with Crippen LogP contribution >= 0.6 is 0 Å². The van der Waals surface area contributed by atoms with Gasteiger partial charge in [-0.3, -0.25) is 4.90 Å². The Bertz CT molecular complexity index is 947. The van der Waals surface area contributed by atoms with Crippen molar-refractivity contribution in [3.8, 4) is 5.75 Å². The summed E-state index contributed by atoms with van der Waals surface area (Å²) in [6.07, 6.45) is 1.70. The van der Waals surface area contributed by atoms with Crippen LogP contribution in [0.5, 0.6) is 5.75 Å². The summed E-state index contributed by atoms with van der Waals surface area (Å²) in [7, 11) is 1.55. The topological polar surface area (TPSA) is 82.6 Å². The molecular formula is C22H23N3O5. The summed E-state index contributed by atoms with van der Waals surface area (Å²) in [5.74, 6) is 0.636. The quantitative estimate of drug-likeness (QED) is 0.785. The number of fused-ring (bicyclic) bond motifs is 1. The van der Waals surface area contributed by atoms with Crippen molar-refractivity contribution in [3.63, 3.8) is 0 Å². The fourth-order valence-electron chi connectivity index (χ4n) is 3.64. The number of amides is 3. The third-order valence-electron chi connectivity index (χ3n) is 5.20. The molecule has 3 unspecified atom stereocenters. The predicted octanol–water partition coefficient (Wildman–Crippen LogP) is 3.14. The van der Waals surface area contributed by atoms with E-state index >= 15 is 0 Å². The molecule has 0 radical (unpaired) electrons. The fraction of sp³-hybridized carbons (Fsp3) is 0.273. The molecule has 3 atom stereocenters. The van der Waals surface area contributed by atoms with Crippen LogP contribution < -0.4 is 9.64 Å². The van der Waals surface area contributed by atoms with Crippen LogP contribution in [-0.2, 0) is 11.3 Å². The molecule has 1 saturated heterocycles. The van der Waals surface area contributed by atoms with Crippen LogP contribution in [0, 0.1) is 0 Å². The van der Waals surface area contributed by atoms with E-state index in [4.69, 9.17) is 9.47 Å². The maximum absolute atomic E-state index is 13.2. The highest BCUT2D eigenvalue weighted by Gasteiger charge is 2.51. The van der Waals surface area contributed by atoms with Gasteiger partial charge in [-0.15, -0.1) is 0 Å². The molecule has 8 nitrogen and oxygen atoms in total. The van der Waals surface area contributed by atoms with Gasteiger partial charge in [-0.05, 0) is 36.8 Å². The van der Waals surface area contributed by atoms with Crippen LogP contribution in [0.1, 0.15) is 12.5 Å². The second-order valence-electron chi connectivity index (χ2n) is 7.11. The first-order chi connectivity index (χ1) is 14.5. The number of aliphatic hydroxyl groups excluding tert-OH is 1. The molecule has 1 fully saturated rings. The first-order valence-electron chi connectivity index (χ1n) is 9.64. The Morgan fingerprint density at radius 1 is 1.07 bits per heavy atom. The van der Waals surface area contributed by atoms with Gasteiger partial charge in [0.05, 0.1) is 13.2 Å². The Labute approximate surface area is 174 Å². The van der Waals surface area contributed by atoms with E-state index in [0.717, 1.165) is 5.56 Å². The number of nitrogens with zero attached hydrogens (tertiary/aromatic N) is 3. The van der Waals surface area contributed by atoms with Gasteiger partial charge in [0.25, 0.3) is 0 Å². The number of hydrogen-bond acceptors (Lipinski definition) is 5. The Morgan fingerprint density at radius 2 is 1.77 bits per heavy atom. The van der Waals surface area contributed by atoms with Crippen molar-refractivity contribution in [1.29, 1.82) is 0 Å².